The highest BCUT2D eigenvalue weighted by Gasteiger charge is 2.23. The van der Waals surface area contributed by atoms with Crippen molar-refractivity contribution in [3.63, 3.8) is 0 Å². The van der Waals surface area contributed by atoms with Crippen LogP contribution in [0.5, 0.6) is 0 Å². The molecule has 1 unspecified atom stereocenters. The normalized spacial score (nSPS) is 33.4. The second kappa shape index (κ2) is 2.15. The third-order valence-electron chi connectivity index (χ3n) is 0.734. The summed E-state index contributed by atoms with van der Waals surface area (Å²) >= 11 is 10.4. The van der Waals surface area contributed by atoms with Gasteiger partial charge in [-0.15, -0.1) is 0 Å². The third kappa shape index (κ3) is 1.84. The molecule has 0 aromatic rings. The van der Waals surface area contributed by atoms with Crippen molar-refractivity contribution < 1.29 is 4.39 Å². The zero-order valence-electron chi connectivity index (χ0n) is 4.24. The number of halogens is 3. The van der Waals surface area contributed by atoms with Gasteiger partial charge in [-0.2, -0.15) is 9.38 Å². The molecule has 1 heterocycles. The Balaban J connectivity index is 2.78. The van der Waals surface area contributed by atoms with Crippen molar-refractivity contribution >= 4 is 28.5 Å². The Morgan fingerprint density at radius 1 is 1.78 bits per heavy atom. The lowest BCUT2D eigenvalue weighted by molar-refractivity contribution is 0.357. The molecule has 0 saturated heterocycles. The Morgan fingerprint density at radius 3 is 2.78 bits per heavy atom. The monoisotopic (exact) mass is 168 g/mol. The van der Waals surface area contributed by atoms with E-state index in [9.17, 15) is 4.39 Å². The molecule has 0 aromatic carbocycles. The maximum Gasteiger partial charge on any atom is 0.298 e. The van der Waals surface area contributed by atoms with Crippen molar-refractivity contribution in [3.8, 4) is 0 Å². The van der Waals surface area contributed by atoms with Crippen LogP contribution < -0.4 is 5.32 Å². The molecule has 0 radical (unpaired) electrons. The second-order valence-electron chi connectivity index (χ2n) is 1.47. The van der Waals surface area contributed by atoms with Gasteiger partial charge in [-0.25, -0.2) is 0 Å². The predicted molar refractivity (Wildman–Crippen MR) is 35.3 cm³/mol. The molecule has 1 rings (SSSR count). The first-order valence-corrected chi connectivity index (χ1v) is 2.93. The smallest absolute Gasteiger partial charge is 0.298 e. The van der Waals surface area contributed by atoms with E-state index >= 15 is 0 Å². The van der Waals surface area contributed by atoms with Gasteiger partial charge < -0.3 is 5.32 Å². The van der Waals surface area contributed by atoms with Crippen LogP contribution in [0, 0.1) is 0 Å². The molecular weight excluding hydrogens is 166 g/mol. The Labute approximate surface area is 61.4 Å². The summed E-state index contributed by atoms with van der Waals surface area (Å²) in [6, 6.07) is 0. The van der Waals surface area contributed by atoms with Crippen LogP contribution >= 0.6 is 23.2 Å². The molecule has 2 nitrogen and oxygen atoms in total. The number of amidine groups is 1. The van der Waals surface area contributed by atoms with Crippen LogP contribution in [0.25, 0.3) is 0 Å². The molecule has 1 aliphatic rings. The summed E-state index contributed by atoms with van der Waals surface area (Å²) in [6.07, 6.45) is 2.35. The van der Waals surface area contributed by atoms with Gasteiger partial charge in [0.1, 0.15) is 0 Å². The molecule has 1 N–H and O–H groups in total. The number of rotatable bonds is 0. The molecule has 0 aromatic heterocycles. The Morgan fingerprint density at radius 2 is 2.44 bits per heavy atom. The molecule has 0 spiro atoms. The van der Waals surface area contributed by atoms with Gasteiger partial charge in [0.05, 0.1) is 0 Å². The Hall–Kier alpha value is -0.280. The van der Waals surface area contributed by atoms with Crippen molar-refractivity contribution in [2.45, 2.75) is 5.25 Å². The molecule has 9 heavy (non-hydrogen) atoms. The van der Waals surface area contributed by atoms with E-state index < -0.39 is 5.25 Å². The molecule has 0 aliphatic carbocycles. The van der Waals surface area contributed by atoms with Crippen LogP contribution in [0.2, 0.25) is 0 Å². The van der Waals surface area contributed by atoms with E-state index in [0.717, 1.165) is 6.08 Å². The van der Waals surface area contributed by atoms with E-state index in [1.165, 1.54) is 6.20 Å². The summed E-state index contributed by atoms with van der Waals surface area (Å²) in [5, 5.41) is 0.237. The van der Waals surface area contributed by atoms with E-state index in [1.54, 1.807) is 0 Å². The zero-order chi connectivity index (χ0) is 6.91. The fraction of sp³-hybridized carbons (Fsp3) is 0.250. The van der Waals surface area contributed by atoms with E-state index in [0.29, 0.717) is 0 Å². The number of alkyl halides is 2. The van der Waals surface area contributed by atoms with Crippen molar-refractivity contribution in [2.24, 2.45) is 4.99 Å². The molecule has 0 bridgehead atoms. The number of aliphatic imine (C=N–C) groups is 1. The third-order valence-corrected chi connectivity index (χ3v) is 1.14. The fourth-order valence-corrected chi connectivity index (χ4v) is 0.788. The maximum atomic E-state index is 12.5. The van der Waals surface area contributed by atoms with Gasteiger partial charge in [-0.3, -0.25) is 0 Å². The van der Waals surface area contributed by atoms with E-state index in [4.69, 9.17) is 23.2 Å². The van der Waals surface area contributed by atoms with Crippen molar-refractivity contribution in [1.29, 1.82) is 0 Å². The minimum Gasteiger partial charge on any atom is -0.337 e. The summed E-state index contributed by atoms with van der Waals surface area (Å²) in [5.41, 5.74) is 0. The van der Waals surface area contributed by atoms with Crippen LogP contribution in [0.4, 0.5) is 4.39 Å². The predicted octanol–water partition coefficient (Wildman–Crippen LogP) is 1.56. The molecular formula is C4H3Cl2FN2. The van der Waals surface area contributed by atoms with Crippen molar-refractivity contribution in [2.75, 3.05) is 0 Å². The van der Waals surface area contributed by atoms with Gasteiger partial charge in [0, 0.05) is 12.3 Å². The topological polar surface area (TPSA) is 24.4 Å². The van der Waals surface area contributed by atoms with Gasteiger partial charge in [0.15, 0.2) is 5.29 Å². The zero-order valence-corrected chi connectivity index (χ0v) is 5.75. The van der Waals surface area contributed by atoms with Gasteiger partial charge in [-0.1, -0.05) is 11.6 Å². The number of hydrogen-bond acceptors (Lipinski definition) is 2. The molecule has 0 fully saturated rings. The quantitative estimate of drug-likeness (QED) is 0.431. The molecule has 1 atom stereocenters. The molecule has 50 valence electrons. The summed E-state index contributed by atoms with van der Waals surface area (Å²) in [6.45, 7) is 0. The first kappa shape index (κ1) is 6.83. The van der Waals surface area contributed by atoms with Crippen LogP contribution in [0.15, 0.2) is 17.3 Å². The van der Waals surface area contributed by atoms with E-state index in [2.05, 4.69) is 10.3 Å². The number of hydrogen-bond donors (Lipinski definition) is 1. The first-order valence-electron chi connectivity index (χ1n) is 2.17. The Kier molecular flexibility index (Phi) is 1.64. The fourth-order valence-electron chi connectivity index (χ4n) is 0.411. The van der Waals surface area contributed by atoms with E-state index in [1.807, 2.05) is 0 Å². The standard InChI is InChI=1S/C4H3Cl2FN2/c5-3-8-2-1-4(6,7)9-3/h1-2H,(H,8,9). The lowest BCUT2D eigenvalue weighted by Gasteiger charge is -2.12. The van der Waals surface area contributed by atoms with Crippen LogP contribution in [-0.2, 0) is 0 Å². The van der Waals surface area contributed by atoms with Crippen molar-refractivity contribution in [1.82, 2.24) is 5.32 Å². The second-order valence-corrected chi connectivity index (χ2v) is 2.36. The summed E-state index contributed by atoms with van der Waals surface area (Å²) in [7, 11) is 0. The average Bonchev–Trinajstić information content (AvgIpc) is 1.60. The Bertz CT molecular complexity index is 175. The first-order chi connectivity index (χ1) is 4.10. The average molecular weight is 169 g/mol. The lowest BCUT2D eigenvalue weighted by atomic mass is 10.5. The van der Waals surface area contributed by atoms with Crippen molar-refractivity contribution in [3.05, 3.63) is 12.3 Å². The molecule has 5 heteroatoms. The minimum absolute atomic E-state index is 0.0463. The molecule has 1 aliphatic heterocycles. The molecule has 0 amide bonds. The number of nitrogens with one attached hydrogen (secondary N) is 1. The highest BCUT2D eigenvalue weighted by atomic mass is 35.5. The highest BCUT2D eigenvalue weighted by Crippen LogP contribution is 2.22. The summed E-state index contributed by atoms with van der Waals surface area (Å²) < 4.78 is 12.5. The summed E-state index contributed by atoms with van der Waals surface area (Å²) in [4.78, 5) is 3.20. The molecule has 0 saturated carbocycles. The van der Waals surface area contributed by atoms with Gasteiger partial charge in [0.25, 0.3) is 5.25 Å². The SMILES string of the molecule is FC1(Cl)C=CNC(Cl)=N1. The maximum absolute atomic E-state index is 12.5. The largest absolute Gasteiger partial charge is 0.337 e. The van der Waals surface area contributed by atoms with Crippen LogP contribution in [-0.4, -0.2) is 10.5 Å². The minimum atomic E-state index is -2.16. The van der Waals surface area contributed by atoms with Crippen LogP contribution in [0.3, 0.4) is 0 Å². The van der Waals surface area contributed by atoms with Gasteiger partial charge >= 0.3 is 0 Å². The van der Waals surface area contributed by atoms with E-state index in [-0.39, 0.29) is 5.29 Å². The lowest BCUT2D eigenvalue weighted by Crippen LogP contribution is -2.22. The number of nitrogens with zero attached hydrogens (tertiary/aromatic N) is 1. The highest BCUT2D eigenvalue weighted by molar-refractivity contribution is 6.65. The van der Waals surface area contributed by atoms with Crippen LogP contribution in [0.1, 0.15) is 0 Å². The summed E-state index contributed by atoms with van der Waals surface area (Å²) in [5.74, 6) is 0. The van der Waals surface area contributed by atoms with Gasteiger partial charge in [0.2, 0.25) is 0 Å². The van der Waals surface area contributed by atoms with Gasteiger partial charge in [-0.05, 0) is 11.6 Å².